The maximum atomic E-state index is 11.1. The van der Waals surface area contributed by atoms with E-state index in [0.717, 1.165) is 17.3 Å². The van der Waals surface area contributed by atoms with Crippen molar-refractivity contribution in [2.45, 2.75) is 19.6 Å². The zero-order valence-electron chi connectivity index (χ0n) is 8.95. The first-order valence-electron chi connectivity index (χ1n) is 4.79. The van der Waals surface area contributed by atoms with Gasteiger partial charge in [0.15, 0.2) is 0 Å². The van der Waals surface area contributed by atoms with Gasteiger partial charge in [0.05, 0.1) is 11.3 Å². The molecule has 15 heavy (non-hydrogen) atoms. The molecular formula is C10H16N2O2S. The molecule has 0 aliphatic heterocycles. The van der Waals surface area contributed by atoms with Crippen molar-refractivity contribution in [3.63, 3.8) is 0 Å². The van der Waals surface area contributed by atoms with E-state index in [1.165, 1.54) is 6.26 Å². The number of furan rings is 1. The third-order valence-electron chi connectivity index (χ3n) is 1.74. The van der Waals surface area contributed by atoms with Gasteiger partial charge in [-0.15, -0.1) is 0 Å². The van der Waals surface area contributed by atoms with Crippen molar-refractivity contribution in [1.29, 1.82) is 0 Å². The van der Waals surface area contributed by atoms with Crippen LogP contribution in [0.15, 0.2) is 16.7 Å². The maximum absolute atomic E-state index is 11.1. The number of carbonyl (C=O) groups is 1. The molecule has 4 nitrogen and oxygen atoms in total. The van der Waals surface area contributed by atoms with Crippen LogP contribution in [0.5, 0.6) is 0 Å². The first-order valence-corrected chi connectivity index (χ1v) is 5.95. The molecule has 0 aromatic carbocycles. The highest BCUT2D eigenvalue weighted by Crippen LogP contribution is 2.17. The minimum atomic E-state index is -0.321. The van der Waals surface area contributed by atoms with Gasteiger partial charge in [0, 0.05) is 0 Å². The van der Waals surface area contributed by atoms with Crippen LogP contribution < -0.4 is 11.3 Å². The molecule has 1 heterocycles. The fourth-order valence-corrected chi connectivity index (χ4v) is 2.00. The summed E-state index contributed by atoms with van der Waals surface area (Å²) in [6.07, 6.45) is 1.42. The predicted octanol–water partition coefficient (Wildman–Crippen LogP) is 1.77. The summed E-state index contributed by atoms with van der Waals surface area (Å²) in [5, 5.41) is 0. The van der Waals surface area contributed by atoms with Gasteiger partial charge in [0.1, 0.15) is 12.0 Å². The second-order valence-corrected chi connectivity index (χ2v) is 4.71. The molecule has 0 spiro atoms. The molecule has 0 aliphatic rings. The monoisotopic (exact) mass is 228 g/mol. The Hall–Kier alpha value is -0.940. The van der Waals surface area contributed by atoms with E-state index in [9.17, 15) is 4.79 Å². The van der Waals surface area contributed by atoms with Crippen molar-refractivity contribution in [2.75, 3.05) is 5.75 Å². The summed E-state index contributed by atoms with van der Waals surface area (Å²) in [6, 6.07) is 1.72. The summed E-state index contributed by atoms with van der Waals surface area (Å²) < 4.78 is 5.23. The van der Waals surface area contributed by atoms with E-state index >= 15 is 0 Å². The lowest BCUT2D eigenvalue weighted by Crippen LogP contribution is -2.29. The van der Waals surface area contributed by atoms with Crippen molar-refractivity contribution in [1.82, 2.24) is 5.43 Å². The van der Waals surface area contributed by atoms with Gasteiger partial charge < -0.3 is 4.42 Å². The van der Waals surface area contributed by atoms with E-state index in [4.69, 9.17) is 10.3 Å². The third kappa shape index (κ3) is 3.97. The number of thioether (sulfide) groups is 1. The lowest BCUT2D eigenvalue weighted by atomic mass is 10.3. The van der Waals surface area contributed by atoms with Crippen LogP contribution in [0.1, 0.15) is 30.0 Å². The van der Waals surface area contributed by atoms with E-state index in [0.29, 0.717) is 11.5 Å². The zero-order valence-corrected chi connectivity index (χ0v) is 9.76. The van der Waals surface area contributed by atoms with Gasteiger partial charge in [-0.25, -0.2) is 5.84 Å². The van der Waals surface area contributed by atoms with E-state index in [1.807, 2.05) is 0 Å². The van der Waals surface area contributed by atoms with Gasteiger partial charge in [0.25, 0.3) is 5.91 Å². The van der Waals surface area contributed by atoms with Gasteiger partial charge in [-0.05, 0) is 17.7 Å². The average molecular weight is 228 g/mol. The zero-order chi connectivity index (χ0) is 11.3. The Labute approximate surface area is 93.6 Å². The van der Waals surface area contributed by atoms with Gasteiger partial charge in [0.2, 0.25) is 0 Å². The predicted molar refractivity (Wildman–Crippen MR) is 61.4 cm³/mol. The molecule has 1 aromatic rings. The Morgan fingerprint density at radius 2 is 2.40 bits per heavy atom. The summed E-state index contributed by atoms with van der Waals surface area (Å²) in [7, 11) is 0. The second-order valence-electron chi connectivity index (χ2n) is 3.68. The molecule has 0 radical (unpaired) electrons. The first-order chi connectivity index (χ1) is 7.13. The molecule has 1 amide bonds. The van der Waals surface area contributed by atoms with Crippen LogP contribution in [0.4, 0.5) is 0 Å². The molecule has 0 saturated carbocycles. The lowest BCUT2D eigenvalue weighted by Gasteiger charge is -2.01. The number of carbonyl (C=O) groups excluding carboxylic acids is 1. The van der Waals surface area contributed by atoms with Gasteiger partial charge in [-0.3, -0.25) is 10.2 Å². The lowest BCUT2D eigenvalue weighted by molar-refractivity contribution is 0.0953. The summed E-state index contributed by atoms with van der Waals surface area (Å²) in [6.45, 7) is 4.34. The number of hydrogen-bond acceptors (Lipinski definition) is 4. The van der Waals surface area contributed by atoms with Crippen LogP contribution in [-0.4, -0.2) is 11.7 Å². The minimum absolute atomic E-state index is 0.321. The van der Waals surface area contributed by atoms with E-state index in [-0.39, 0.29) is 5.91 Å². The van der Waals surface area contributed by atoms with Crippen LogP contribution in [0.2, 0.25) is 0 Å². The van der Waals surface area contributed by atoms with Crippen molar-refractivity contribution >= 4 is 17.7 Å². The fraction of sp³-hybridized carbons (Fsp3) is 0.500. The van der Waals surface area contributed by atoms with Crippen LogP contribution in [0.25, 0.3) is 0 Å². The largest absolute Gasteiger partial charge is 0.468 e. The second kappa shape index (κ2) is 5.82. The molecule has 84 valence electrons. The molecule has 0 atom stereocenters. The molecule has 5 heteroatoms. The van der Waals surface area contributed by atoms with Crippen LogP contribution in [-0.2, 0) is 5.75 Å². The summed E-state index contributed by atoms with van der Waals surface area (Å²) >= 11 is 1.79. The molecule has 1 rings (SSSR count). The quantitative estimate of drug-likeness (QED) is 0.458. The number of amides is 1. The van der Waals surface area contributed by atoms with Gasteiger partial charge >= 0.3 is 0 Å². The highest BCUT2D eigenvalue weighted by atomic mass is 32.2. The highest BCUT2D eigenvalue weighted by molar-refractivity contribution is 7.98. The number of rotatable bonds is 5. The Morgan fingerprint density at radius 3 is 3.00 bits per heavy atom. The van der Waals surface area contributed by atoms with Crippen LogP contribution >= 0.6 is 11.8 Å². The molecule has 0 fully saturated rings. The molecule has 0 bridgehead atoms. The van der Waals surface area contributed by atoms with Crippen molar-refractivity contribution in [3.8, 4) is 0 Å². The molecule has 0 saturated heterocycles. The van der Waals surface area contributed by atoms with Crippen LogP contribution in [0, 0.1) is 5.92 Å². The van der Waals surface area contributed by atoms with Gasteiger partial charge in [-0.2, -0.15) is 11.8 Å². The van der Waals surface area contributed by atoms with E-state index in [1.54, 1.807) is 17.8 Å². The maximum Gasteiger partial charge on any atom is 0.268 e. The number of hydrogen-bond donors (Lipinski definition) is 2. The molecular weight excluding hydrogens is 212 g/mol. The van der Waals surface area contributed by atoms with Crippen molar-refractivity contribution < 1.29 is 9.21 Å². The number of nitrogens with one attached hydrogen (secondary N) is 1. The third-order valence-corrected chi connectivity index (χ3v) is 3.13. The molecule has 0 unspecified atom stereocenters. The summed E-state index contributed by atoms with van der Waals surface area (Å²) in [4.78, 5) is 11.1. The molecule has 1 aromatic heterocycles. The Morgan fingerprint density at radius 1 is 1.67 bits per heavy atom. The van der Waals surface area contributed by atoms with Crippen molar-refractivity contribution in [3.05, 3.63) is 23.7 Å². The summed E-state index contributed by atoms with van der Waals surface area (Å²) in [5.41, 5.74) is 2.53. The Balaban J connectivity index is 2.43. The molecule has 0 aliphatic carbocycles. The Bertz CT molecular complexity index is 323. The Kier molecular flexibility index (Phi) is 4.71. The number of nitrogens with two attached hydrogens (primary N) is 1. The smallest absolute Gasteiger partial charge is 0.268 e. The average Bonchev–Trinajstić information content (AvgIpc) is 2.65. The fourth-order valence-electron chi connectivity index (χ4n) is 1.05. The SMILES string of the molecule is CC(C)CSCc1cc(C(=O)NN)co1. The van der Waals surface area contributed by atoms with E-state index in [2.05, 4.69) is 19.3 Å². The van der Waals surface area contributed by atoms with E-state index < -0.39 is 0 Å². The van der Waals surface area contributed by atoms with Crippen LogP contribution in [0.3, 0.4) is 0 Å². The number of nitrogen functional groups attached to an aromatic ring is 1. The minimum Gasteiger partial charge on any atom is -0.468 e. The normalized spacial score (nSPS) is 10.7. The number of hydrazine groups is 1. The summed E-state index contributed by atoms with van der Waals surface area (Å²) in [5.74, 6) is 8.02. The first kappa shape index (κ1) is 12.1. The molecule has 3 N–H and O–H groups in total. The topological polar surface area (TPSA) is 68.3 Å². The van der Waals surface area contributed by atoms with Gasteiger partial charge in [-0.1, -0.05) is 13.8 Å². The standard InChI is InChI=1S/C10H16N2O2S/c1-7(2)5-15-6-9-3-8(4-14-9)10(13)12-11/h3-4,7H,5-6,11H2,1-2H3,(H,12,13). The van der Waals surface area contributed by atoms with Crippen molar-refractivity contribution in [2.24, 2.45) is 11.8 Å². The highest BCUT2D eigenvalue weighted by Gasteiger charge is 2.08.